The lowest BCUT2D eigenvalue weighted by Crippen LogP contribution is -2.53. The molecule has 0 atom stereocenters. The fourth-order valence-electron chi connectivity index (χ4n) is 4.11. The molecule has 29 heavy (non-hydrogen) atoms. The number of carbonyl (C=O) groups is 1. The molecule has 0 N–H and O–H groups in total. The summed E-state index contributed by atoms with van der Waals surface area (Å²) >= 11 is 1.82. The van der Waals surface area contributed by atoms with Crippen LogP contribution in [0.25, 0.3) is 0 Å². The van der Waals surface area contributed by atoms with E-state index >= 15 is 0 Å². The molecule has 2 aliphatic rings. The second-order valence-electron chi connectivity index (χ2n) is 7.67. The first-order valence-electron chi connectivity index (χ1n) is 10.4. The molecule has 1 amide bonds. The van der Waals surface area contributed by atoms with Crippen LogP contribution in [0.3, 0.4) is 0 Å². The van der Waals surface area contributed by atoms with E-state index in [-0.39, 0.29) is 5.91 Å². The number of ether oxygens (including phenoxy) is 1. The molecule has 0 spiro atoms. The lowest BCUT2D eigenvalue weighted by Gasteiger charge is -2.38. The van der Waals surface area contributed by atoms with Crippen molar-refractivity contribution in [2.24, 2.45) is 0 Å². The van der Waals surface area contributed by atoms with Crippen LogP contribution in [0, 0.1) is 0 Å². The lowest BCUT2D eigenvalue weighted by atomic mass is 10.2. The van der Waals surface area contributed by atoms with Gasteiger partial charge in [-0.25, -0.2) is 0 Å². The quantitative estimate of drug-likeness (QED) is 0.725. The first kappa shape index (κ1) is 20.2. The van der Waals surface area contributed by atoms with E-state index in [2.05, 4.69) is 38.3 Å². The molecule has 0 radical (unpaired) electrons. The van der Waals surface area contributed by atoms with E-state index < -0.39 is 0 Å². The predicted octanol–water partition coefficient (Wildman–Crippen LogP) is 2.22. The van der Waals surface area contributed by atoms with Crippen molar-refractivity contribution in [3.8, 4) is 5.75 Å². The Morgan fingerprint density at radius 3 is 2.34 bits per heavy atom. The summed E-state index contributed by atoms with van der Waals surface area (Å²) in [6.07, 6.45) is 0. The first-order chi connectivity index (χ1) is 14.2. The van der Waals surface area contributed by atoms with Gasteiger partial charge in [-0.1, -0.05) is 18.2 Å². The highest BCUT2D eigenvalue weighted by Crippen LogP contribution is 2.28. The molecule has 4 rings (SSSR count). The summed E-state index contributed by atoms with van der Waals surface area (Å²) in [5.74, 6) is 1.16. The molecule has 1 aromatic carbocycles. The van der Waals surface area contributed by atoms with Gasteiger partial charge >= 0.3 is 0 Å². The Morgan fingerprint density at radius 1 is 0.931 bits per heavy atom. The monoisotopic (exact) mass is 414 g/mol. The number of rotatable bonds is 6. The Kier molecular flexibility index (Phi) is 6.69. The topological polar surface area (TPSA) is 39.3 Å². The number of hydrogen-bond acceptors (Lipinski definition) is 6. The number of piperazine rings is 2. The number of benzene rings is 1. The van der Waals surface area contributed by atoms with Crippen molar-refractivity contribution in [3.63, 3.8) is 0 Å². The Labute approximate surface area is 177 Å². The summed E-state index contributed by atoms with van der Waals surface area (Å²) in [6, 6.07) is 12.4. The molecule has 0 unspecified atom stereocenters. The molecule has 0 saturated carbocycles. The lowest BCUT2D eigenvalue weighted by molar-refractivity contribution is -0.133. The largest absolute Gasteiger partial charge is 0.495 e. The molecular weight excluding hydrogens is 384 g/mol. The molecule has 0 aliphatic carbocycles. The van der Waals surface area contributed by atoms with Crippen LogP contribution in [0.1, 0.15) is 4.88 Å². The maximum Gasteiger partial charge on any atom is 0.236 e. The van der Waals surface area contributed by atoms with Crippen molar-refractivity contribution in [1.82, 2.24) is 14.7 Å². The zero-order chi connectivity index (χ0) is 20.1. The maximum atomic E-state index is 12.8. The van der Waals surface area contributed by atoms with Gasteiger partial charge in [0.05, 0.1) is 19.3 Å². The third kappa shape index (κ3) is 5.10. The summed E-state index contributed by atoms with van der Waals surface area (Å²) in [6.45, 7) is 8.83. The average Bonchev–Trinajstić information content (AvgIpc) is 3.28. The Balaban J connectivity index is 1.21. The average molecular weight is 415 g/mol. The molecule has 2 saturated heterocycles. The third-order valence-electron chi connectivity index (χ3n) is 5.84. The summed E-state index contributed by atoms with van der Waals surface area (Å²) < 4.78 is 5.48. The highest BCUT2D eigenvalue weighted by Gasteiger charge is 2.25. The summed E-state index contributed by atoms with van der Waals surface area (Å²) in [5, 5.41) is 2.14. The van der Waals surface area contributed by atoms with Gasteiger partial charge in [0.25, 0.3) is 0 Å². The molecule has 156 valence electrons. The minimum atomic E-state index is 0.261. The molecule has 2 aromatic rings. The number of carbonyl (C=O) groups excluding carboxylic acids is 1. The maximum absolute atomic E-state index is 12.8. The van der Waals surface area contributed by atoms with Crippen molar-refractivity contribution in [2.75, 3.05) is 70.9 Å². The zero-order valence-corrected chi connectivity index (χ0v) is 17.9. The van der Waals surface area contributed by atoms with Crippen LogP contribution < -0.4 is 9.64 Å². The van der Waals surface area contributed by atoms with Gasteiger partial charge in [0.1, 0.15) is 5.75 Å². The summed E-state index contributed by atoms with van der Waals surface area (Å²) in [5.41, 5.74) is 1.11. The third-order valence-corrected chi connectivity index (χ3v) is 6.70. The van der Waals surface area contributed by atoms with Crippen LogP contribution in [-0.2, 0) is 11.3 Å². The van der Waals surface area contributed by atoms with Crippen LogP contribution in [0.5, 0.6) is 5.75 Å². The summed E-state index contributed by atoms with van der Waals surface area (Å²) in [7, 11) is 1.71. The Bertz CT molecular complexity index is 782. The number of methoxy groups -OCH3 is 1. The molecule has 0 bridgehead atoms. The molecule has 1 aromatic heterocycles. The number of hydrogen-bond donors (Lipinski definition) is 0. The standard InChI is InChI=1S/C22H30N4O2S/c1-28-21-7-3-2-6-20(21)25-12-14-26(15-13-25)22(27)18-24-10-8-23(9-11-24)17-19-5-4-16-29-19/h2-7,16H,8-15,17-18H2,1H3. The van der Waals surface area contributed by atoms with Gasteiger partial charge in [-0.05, 0) is 23.6 Å². The van der Waals surface area contributed by atoms with Crippen molar-refractivity contribution in [3.05, 3.63) is 46.7 Å². The van der Waals surface area contributed by atoms with E-state index in [0.29, 0.717) is 6.54 Å². The van der Waals surface area contributed by atoms with Crippen LogP contribution >= 0.6 is 11.3 Å². The van der Waals surface area contributed by atoms with Gasteiger partial charge in [-0.2, -0.15) is 0 Å². The highest BCUT2D eigenvalue weighted by molar-refractivity contribution is 7.09. The van der Waals surface area contributed by atoms with Gasteiger partial charge < -0.3 is 14.5 Å². The number of anilines is 1. The number of nitrogens with zero attached hydrogens (tertiary/aromatic N) is 4. The van der Waals surface area contributed by atoms with Crippen LogP contribution in [-0.4, -0.2) is 86.6 Å². The van der Waals surface area contributed by atoms with Crippen molar-refractivity contribution in [2.45, 2.75) is 6.54 Å². The van der Waals surface area contributed by atoms with E-state index in [1.807, 2.05) is 34.4 Å². The van der Waals surface area contributed by atoms with Gasteiger partial charge in [0, 0.05) is 63.8 Å². The molecule has 7 heteroatoms. The summed E-state index contributed by atoms with van der Waals surface area (Å²) in [4.78, 5) is 23.3. The first-order valence-corrected chi connectivity index (χ1v) is 11.2. The van der Waals surface area contributed by atoms with Gasteiger partial charge in [0.2, 0.25) is 5.91 Å². The predicted molar refractivity (Wildman–Crippen MR) is 118 cm³/mol. The SMILES string of the molecule is COc1ccccc1N1CCN(C(=O)CN2CCN(Cc3cccs3)CC2)CC1. The van der Waals surface area contributed by atoms with Gasteiger partial charge in [0.15, 0.2) is 0 Å². The van der Waals surface area contributed by atoms with E-state index in [1.165, 1.54) is 4.88 Å². The highest BCUT2D eigenvalue weighted by atomic mass is 32.1. The van der Waals surface area contributed by atoms with Crippen LogP contribution in [0.4, 0.5) is 5.69 Å². The Hall–Kier alpha value is -2.09. The van der Waals surface area contributed by atoms with E-state index in [4.69, 9.17) is 4.74 Å². The molecule has 6 nitrogen and oxygen atoms in total. The van der Waals surface area contributed by atoms with Crippen LogP contribution in [0.15, 0.2) is 41.8 Å². The molecule has 2 fully saturated rings. The van der Waals surface area contributed by atoms with Gasteiger partial charge in [-0.15, -0.1) is 11.3 Å². The van der Waals surface area contributed by atoms with E-state index in [1.54, 1.807) is 7.11 Å². The van der Waals surface area contributed by atoms with Crippen molar-refractivity contribution >= 4 is 22.9 Å². The molecule has 2 aliphatic heterocycles. The fraction of sp³-hybridized carbons (Fsp3) is 0.500. The van der Waals surface area contributed by atoms with E-state index in [9.17, 15) is 4.79 Å². The molecular formula is C22H30N4O2S. The zero-order valence-electron chi connectivity index (χ0n) is 17.1. The number of thiophene rings is 1. The van der Waals surface area contributed by atoms with E-state index in [0.717, 1.165) is 70.3 Å². The second-order valence-corrected chi connectivity index (χ2v) is 8.70. The van der Waals surface area contributed by atoms with Crippen molar-refractivity contribution < 1.29 is 9.53 Å². The van der Waals surface area contributed by atoms with Crippen LogP contribution in [0.2, 0.25) is 0 Å². The van der Waals surface area contributed by atoms with Gasteiger partial charge in [-0.3, -0.25) is 14.6 Å². The smallest absolute Gasteiger partial charge is 0.236 e. The minimum Gasteiger partial charge on any atom is -0.495 e. The molecule has 3 heterocycles. The Morgan fingerprint density at radius 2 is 1.66 bits per heavy atom. The fourth-order valence-corrected chi connectivity index (χ4v) is 4.85. The minimum absolute atomic E-state index is 0.261. The second kappa shape index (κ2) is 9.61. The van der Waals surface area contributed by atoms with Crippen molar-refractivity contribution in [1.29, 1.82) is 0 Å². The normalized spacial score (nSPS) is 18.8. The number of para-hydroxylation sites is 2. The number of amides is 1.